The van der Waals surface area contributed by atoms with Gasteiger partial charge in [0.2, 0.25) is 0 Å². The molecule has 0 bridgehead atoms. The maximum Gasteiger partial charge on any atom is 0.308 e. The lowest BCUT2D eigenvalue weighted by Gasteiger charge is -2.16. The fourth-order valence-corrected chi connectivity index (χ4v) is 4.97. The van der Waals surface area contributed by atoms with Gasteiger partial charge in [0, 0.05) is 0 Å². The summed E-state index contributed by atoms with van der Waals surface area (Å²) in [5, 5.41) is 0. The summed E-state index contributed by atoms with van der Waals surface area (Å²) in [6.07, 6.45) is 27.6. The predicted octanol–water partition coefficient (Wildman–Crippen LogP) is 10.6. The lowest BCUT2D eigenvalue weighted by molar-refractivity contribution is -0.149. The second kappa shape index (κ2) is 24.4. The van der Waals surface area contributed by atoms with Crippen LogP contribution in [-0.4, -0.2) is 12.6 Å². The van der Waals surface area contributed by atoms with Crippen LogP contribution in [0.25, 0.3) is 0 Å². The SMILES string of the molecule is CCCCCCCCCCC(CCCCCCCCCC)C(=O)OCCCCCc1ccccc1. The second-order valence-corrected chi connectivity index (χ2v) is 10.7. The number of hydrogen-bond donors (Lipinski definition) is 0. The minimum absolute atomic E-state index is 0.0824. The number of rotatable bonds is 25. The highest BCUT2D eigenvalue weighted by molar-refractivity contribution is 5.72. The van der Waals surface area contributed by atoms with E-state index in [1.165, 1.54) is 115 Å². The number of carbonyl (C=O) groups is 1. The van der Waals surface area contributed by atoms with Crippen LogP contribution < -0.4 is 0 Å². The Balaban J connectivity index is 2.22. The number of aryl methyl sites for hydroxylation is 1. The highest BCUT2D eigenvalue weighted by Gasteiger charge is 2.19. The smallest absolute Gasteiger partial charge is 0.308 e. The largest absolute Gasteiger partial charge is 0.465 e. The molecular weight excluding hydrogens is 428 g/mol. The van der Waals surface area contributed by atoms with Crippen molar-refractivity contribution in [2.24, 2.45) is 5.92 Å². The molecule has 0 aliphatic rings. The Labute approximate surface area is 219 Å². The summed E-state index contributed by atoms with van der Waals surface area (Å²) in [6, 6.07) is 10.7. The minimum Gasteiger partial charge on any atom is -0.465 e. The summed E-state index contributed by atoms with van der Waals surface area (Å²) < 4.78 is 5.76. The molecule has 0 N–H and O–H groups in total. The average Bonchev–Trinajstić information content (AvgIpc) is 2.88. The number of hydrogen-bond acceptors (Lipinski definition) is 2. The third-order valence-corrected chi connectivity index (χ3v) is 7.34. The first-order chi connectivity index (χ1) is 17.3. The summed E-state index contributed by atoms with van der Waals surface area (Å²) in [5.74, 6) is 0.207. The monoisotopic (exact) mass is 486 g/mol. The van der Waals surface area contributed by atoms with Crippen LogP contribution in [0.15, 0.2) is 30.3 Å². The first-order valence-corrected chi connectivity index (χ1v) is 15.5. The quantitative estimate of drug-likeness (QED) is 0.101. The Morgan fingerprint density at radius 3 is 1.57 bits per heavy atom. The highest BCUT2D eigenvalue weighted by Crippen LogP contribution is 2.21. The summed E-state index contributed by atoms with van der Waals surface area (Å²) in [7, 11) is 0. The molecule has 0 heterocycles. The van der Waals surface area contributed by atoms with Crippen LogP contribution in [0.1, 0.15) is 154 Å². The van der Waals surface area contributed by atoms with Crippen molar-refractivity contribution < 1.29 is 9.53 Å². The average molecular weight is 487 g/mol. The van der Waals surface area contributed by atoms with Gasteiger partial charge in [0.05, 0.1) is 12.5 Å². The molecule has 1 aromatic carbocycles. The Hall–Kier alpha value is -1.31. The molecule has 0 atom stereocenters. The van der Waals surface area contributed by atoms with E-state index in [4.69, 9.17) is 4.74 Å². The number of carbonyl (C=O) groups excluding carboxylic acids is 1. The third-order valence-electron chi connectivity index (χ3n) is 7.34. The fraction of sp³-hybridized carbons (Fsp3) is 0.788. The van der Waals surface area contributed by atoms with Gasteiger partial charge in [-0.25, -0.2) is 0 Å². The Kier molecular flexibility index (Phi) is 22.1. The summed E-state index contributed by atoms with van der Waals surface area (Å²) >= 11 is 0. The van der Waals surface area contributed by atoms with Gasteiger partial charge in [-0.3, -0.25) is 4.79 Å². The maximum absolute atomic E-state index is 12.9. The van der Waals surface area contributed by atoms with E-state index in [1.807, 2.05) is 0 Å². The van der Waals surface area contributed by atoms with E-state index in [1.54, 1.807) is 0 Å². The molecule has 0 amide bonds. The van der Waals surface area contributed by atoms with E-state index in [2.05, 4.69) is 44.2 Å². The van der Waals surface area contributed by atoms with Gasteiger partial charge in [0.15, 0.2) is 0 Å². The van der Waals surface area contributed by atoms with Gasteiger partial charge in [0.1, 0.15) is 0 Å². The molecule has 0 unspecified atom stereocenters. The normalized spacial score (nSPS) is 11.3. The molecule has 0 aliphatic carbocycles. The van der Waals surface area contributed by atoms with Crippen molar-refractivity contribution in [3.8, 4) is 0 Å². The molecule has 0 radical (unpaired) electrons. The molecular formula is C33H58O2. The first-order valence-electron chi connectivity index (χ1n) is 15.5. The van der Waals surface area contributed by atoms with Crippen molar-refractivity contribution in [3.05, 3.63) is 35.9 Å². The van der Waals surface area contributed by atoms with Crippen molar-refractivity contribution in [1.82, 2.24) is 0 Å². The van der Waals surface area contributed by atoms with Gasteiger partial charge in [-0.05, 0) is 44.1 Å². The zero-order valence-electron chi connectivity index (χ0n) is 23.5. The molecule has 2 heteroatoms. The predicted molar refractivity (Wildman–Crippen MR) is 153 cm³/mol. The van der Waals surface area contributed by atoms with Crippen molar-refractivity contribution in [2.45, 2.75) is 155 Å². The summed E-state index contributed by atoms with van der Waals surface area (Å²) in [6.45, 7) is 5.14. The fourth-order valence-electron chi connectivity index (χ4n) is 4.97. The van der Waals surface area contributed by atoms with Crippen molar-refractivity contribution >= 4 is 5.97 Å². The van der Waals surface area contributed by atoms with Crippen molar-refractivity contribution in [2.75, 3.05) is 6.61 Å². The van der Waals surface area contributed by atoms with Gasteiger partial charge in [0.25, 0.3) is 0 Å². The zero-order chi connectivity index (χ0) is 25.2. The highest BCUT2D eigenvalue weighted by atomic mass is 16.5. The molecule has 0 saturated carbocycles. The van der Waals surface area contributed by atoms with Crippen LogP contribution in [0.4, 0.5) is 0 Å². The number of ether oxygens (including phenoxy) is 1. The van der Waals surface area contributed by atoms with Gasteiger partial charge in [-0.1, -0.05) is 147 Å². The van der Waals surface area contributed by atoms with Crippen LogP contribution in [-0.2, 0) is 16.0 Å². The Morgan fingerprint density at radius 2 is 1.06 bits per heavy atom. The van der Waals surface area contributed by atoms with Crippen molar-refractivity contribution in [1.29, 1.82) is 0 Å². The van der Waals surface area contributed by atoms with E-state index in [0.717, 1.165) is 32.1 Å². The van der Waals surface area contributed by atoms with Crippen LogP contribution >= 0.6 is 0 Å². The molecule has 0 spiro atoms. The van der Waals surface area contributed by atoms with Gasteiger partial charge in [-0.15, -0.1) is 0 Å². The molecule has 1 rings (SSSR count). The van der Waals surface area contributed by atoms with Crippen LogP contribution in [0, 0.1) is 5.92 Å². The van der Waals surface area contributed by atoms with E-state index in [9.17, 15) is 4.79 Å². The van der Waals surface area contributed by atoms with Gasteiger partial charge < -0.3 is 4.74 Å². The topological polar surface area (TPSA) is 26.3 Å². The number of benzene rings is 1. The standard InChI is InChI=1S/C33H58O2/c1-3-5-7-9-11-13-15-22-28-32(29-23-16-14-12-10-8-6-4-2)33(34)35-30-24-18-21-27-31-25-19-17-20-26-31/h17,19-20,25-26,32H,3-16,18,21-24,27-30H2,1-2H3. The molecule has 2 nitrogen and oxygen atoms in total. The maximum atomic E-state index is 12.9. The second-order valence-electron chi connectivity index (χ2n) is 10.7. The van der Waals surface area contributed by atoms with E-state index >= 15 is 0 Å². The van der Waals surface area contributed by atoms with Crippen molar-refractivity contribution in [3.63, 3.8) is 0 Å². The molecule has 1 aromatic rings. The Morgan fingerprint density at radius 1 is 0.600 bits per heavy atom. The third kappa shape index (κ3) is 19.5. The van der Waals surface area contributed by atoms with E-state index < -0.39 is 0 Å². The van der Waals surface area contributed by atoms with Crippen LogP contribution in [0.3, 0.4) is 0 Å². The molecule has 0 fully saturated rings. The van der Waals surface area contributed by atoms with E-state index in [-0.39, 0.29) is 11.9 Å². The summed E-state index contributed by atoms with van der Waals surface area (Å²) in [5.41, 5.74) is 1.40. The van der Waals surface area contributed by atoms with Gasteiger partial charge in [-0.2, -0.15) is 0 Å². The molecule has 0 saturated heterocycles. The lowest BCUT2D eigenvalue weighted by Crippen LogP contribution is -2.18. The first kappa shape index (κ1) is 31.7. The van der Waals surface area contributed by atoms with Gasteiger partial charge >= 0.3 is 5.97 Å². The zero-order valence-corrected chi connectivity index (χ0v) is 23.5. The lowest BCUT2D eigenvalue weighted by atomic mass is 9.94. The summed E-state index contributed by atoms with van der Waals surface area (Å²) in [4.78, 5) is 12.9. The van der Waals surface area contributed by atoms with E-state index in [0.29, 0.717) is 6.61 Å². The van der Waals surface area contributed by atoms with Crippen LogP contribution in [0.5, 0.6) is 0 Å². The molecule has 202 valence electrons. The minimum atomic E-state index is 0.0824. The molecule has 35 heavy (non-hydrogen) atoms. The molecule has 0 aliphatic heterocycles. The number of unbranched alkanes of at least 4 members (excludes halogenated alkanes) is 16. The number of esters is 1. The molecule has 0 aromatic heterocycles. The van der Waals surface area contributed by atoms with Crippen LogP contribution in [0.2, 0.25) is 0 Å². The Bertz CT molecular complexity index is 548.